The minimum Gasteiger partial charge on any atom is -0.490 e. The first-order valence-corrected chi connectivity index (χ1v) is 9.93. The number of hydrogen-bond donors (Lipinski definition) is 2. The summed E-state index contributed by atoms with van der Waals surface area (Å²) in [4.78, 5) is 4.60. The standard InChI is InChI=1S/C22H28FN3O3/c1-27-12-3-10-24-22(25-11-9-17-5-2-6-18(23)15-17)26-19-7-8-20-21(16-19)29-14-4-13-28-20/h2,5-8,15-16H,3-4,9-14H2,1H3,(H2,24,25,26). The fourth-order valence-electron chi connectivity index (χ4n) is 2.93. The van der Waals surface area contributed by atoms with E-state index in [4.69, 9.17) is 14.2 Å². The number of methoxy groups -OCH3 is 1. The van der Waals surface area contributed by atoms with E-state index in [0.717, 1.165) is 35.6 Å². The molecular formula is C22H28FN3O3. The van der Waals surface area contributed by atoms with Crippen LogP contribution in [0.3, 0.4) is 0 Å². The lowest BCUT2D eigenvalue weighted by atomic mass is 10.1. The minimum absolute atomic E-state index is 0.221. The highest BCUT2D eigenvalue weighted by molar-refractivity contribution is 5.94. The average Bonchev–Trinajstić information content (AvgIpc) is 2.96. The fourth-order valence-corrected chi connectivity index (χ4v) is 2.93. The van der Waals surface area contributed by atoms with Gasteiger partial charge < -0.3 is 24.8 Å². The average molecular weight is 401 g/mol. The van der Waals surface area contributed by atoms with Crippen molar-refractivity contribution in [2.24, 2.45) is 4.99 Å². The molecular weight excluding hydrogens is 373 g/mol. The number of halogens is 1. The Bertz CT molecular complexity index is 814. The van der Waals surface area contributed by atoms with Gasteiger partial charge in [0, 0.05) is 45.0 Å². The number of nitrogens with zero attached hydrogens (tertiary/aromatic N) is 1. The highest BCUT2D eigenvalue weighted by Gasteiger charge is 2.11. The molecule has 0 radical (unpaired) electrons. The lowest BCUT2D eigenvalue weighted by Gasteiger charge is -2.15. The molecule has 1 aliphatic heterocycles. The summed E-state index contributed by atoms with van der Waals surface area (Å²) in [5.74, 6) is 1.92. The molecule has 0 saturated heterocycles. The fraction of sp³-hybridized carbons (Fsp3) is 0.409. The van der Waals surface area contributed by atoms with Crippen molar-refractivity contribution in [3.8, 4) is 11.5 Å². The molecule has 0 amide bonds. The van der Waals surface area contributed by atoms with E-state index in [0.29, 0.717) is 45.3 Å². The second kappa shape index (κ2) is 11.3. The van der Waals surface area contributed by atoms with Crippen molar-refractivity contribution in [1.82, 2.24) is 5.32 Å². The molecule has 3 rings (SSSR count). The molecule has 0 saturated carbocycles. The van der Waals surface area contributed by atoms with E-state index >= 15 is 0 Å². The SMILES string of the molecule is COCCCN=C(NCCc1cccc(F)c1)Nc1ccc2c(c1)OCCCO2. The molecule has 0 spiro atoms. The van der Waals surface area contributed by atoms with E-state index in [2.05, 4.69) is 15.6 Å². The third-order valence-electron chi connectivity index (χ3n) is 4.38. The molecule has 2 N–H and O–H groups in total. The first-order valence-electron chi connectivity index (χ1n) is 9.93. The monoisotopic (exact) mass is 401 g/mol. The Labute approximate surface area is 171 Å². The summed E-state index contributed by atoms with van der Waals surface area (Å²) in [5, 5.41) is 6.62. The van der Waals surface area contributed by atoms with Crippen molar-refractivity contribution < 1.29 is 18.6 Å². The van der Waals surface area contributed by atoms with Crippen molar-refractivity contribution in [3.05, 3.63) is 53.8 Å². The van der Waals surface area contributed by atoms with E-state index in [1.165, 1.54) is 6.07 Å². The van der Waals surface area contributed by atoms with Crippen molar-refractivity contribution in [3.63, 3.8) is 0 Å². The van der Waals surface area contributed by atoms with Crippen molar-refractivity contribution >= 4 is 11.6 Å². The number of hydrogen-bond acceptors (Lipinski definition) is 4. The van der Waals surface area contributed by atoms with Gasteiger partial charge in [-0.1, -0.05) is 12.1 Å². The maximum absolute atomic E-state index is 13.4. The van der Waals surface area contributed by atoms with Gasteiger partial charge in [0.05, 0.1) is 13.2 Å². The molecule has 2 aromatic rings. The second-order valence-corrected chi connectivity index (χ2v) is 6.72. The molecule has 0 unspecified atom stereocenters. The Hall–Kier alpha value is -2.80. The van der Waals surface area contributed by atoms with Gasteiger partial charge in [0.1, 0.15) is 5.82 Å². The van der Waals surface area contributed by atoms with Crippen molar-refractivity contribution in [2.75, 3.05) is 45.3 Å². The van der Waals surface area contributed by atoms with E-state index in [9.17, 15) is 4.39 Å². The van der Waals surface area contributed by atoms with Crippen LogP contribution in [0.4, 0.5) is 10.1 Å². The summed E-state index contributed by atoms with van der Waals surface area (Å²) in [7, 11) is 1.68. The smallest absolute Gasteiger partial charge is 0.195 e. The maximum atomic E-state index is 13.4. The highest BCUT2D eigenvalue weighted by Crippen LogP contribution is 2.32. The number of nitrogens with one attached hydrogen (secondary N) is 2. The molecule has 7 heteroatoms. The van der Waals surface area contributed by atoms with Gasteiger partial charge in [-0.2, -0.15) is 0 Å². The summed E-state index contributed by atoms with van der Waals surface area (Å²) in [5.41, 5.74) is 1.80. The number of fused-ring (bicyclic) bond motifs is 1. The van der Waals surface area contributed by atoms with Crippen LogP contribution in [0, 0.1) is 5.82 Å². The summed E-state index contributed by atoms with van der Waals surface area (Å²) >= 11 is 0. The van der Waals surface area contributed by atoms with Crippen LogP contribution in [0.15, 0.2) is 47.5 Å². The van der Waals surface area contributed by atoms with Crippen LogP contribution < -0.4 is 20.1 Å². The lowest BCUT2D eigenvalue weighted by Crippen LogP contribution is -2.32. The summed E-state index contributed by atoms with van der Waals surface area (Å²) < 4.78 is 29.9. The molecule has 0 atom stereocenters. The molecule has 1 heterocycles. The molecule has 0 aromatic heterocycles. The Morgan fingerprint density at radius 2 is 2.00 bits per heavy atom. The van der Waals surface area contributed by atoms with Crippen LogP contribution in [0.2, 0.25) is 0 Å². The largest absolute Gasteiger partial charge is 0.490 e. The van der Waals surface area contributed by atoms with Gasteiger partial charge in [-0.15, -0.1) is 0 Å². The predicted molar refractivity (Wildman–Crippen MR) is 113 cm³/mol. The van der Waals surface area contributed by atoms with Crippen LogP contribution in [-0.2, 0) is 11.2 Å². The van der Waals surface area contributed by atoms with Gasteiger partial charge >= 0.3 is 0 Å². The first kappa shape index (κ1) is 20.9. The minimum atomic E-state index is -0.221. The van der Waals surface area contributed by atoms with Gasteiger partial charge in [0.15, 0.2) is 17.5 Å². The topological polar surface area (TPSA) is 64.1 Å². The maximum Gasteiger partial charge on any atom is 0.195 e. The zero-order valence-electron chi connectivity index (χ0n) is 16.7. The zero-order valence-corrected chi connectivity index (χ0v) is 16.7. The molecule has 0 fully saturated rings. The number of guanidine groups is 1. The Balaban J connectivity index is 1.62. The molecule has 6 nitrogen and oxygen atoms in total. The number of benzene rings is 2. The van der Waals surface area contributed by atoms with Gasteiger partial charge in [-0.3, -0.25) is 4.99 Å². The van der Waals surface area contributed by atoms with Crippen LogP contribution in [0.25, 0.3) is 0 Å². The second-order valence-electron chi connectivity index (χ2n) is 6.72. The normalized spacial score (nSPS) is 13.7. The van der Waals surface area contributed by atoms with Gasteiger partial charge in [-0.25, -0.2) is 4.39 Å². The molecule has 2 aromatic carbocycles. The highest BCUT2D eigenvalue weighted by atomic mass is 19.1. The van der Waals surface area contributed by atoms with E-state index in [1.54, 1.807) is 19.2 Å². The molecule has 29 heavy (non-hydrogen) atoms. The van der Waals surface area contributed by atoms with E-state index in [-0.39, 0.29) is 5.82 Å². The number of aliphatic imine (C=N–C) groups is 1. The van der Waals surface area contributed by atoms with Crippen LogP contribution in [0.1, 0.15) is 18.4 Å². The van der Waals surface area contributed by atoms with Crippen LogP contribution in [-0.4, -0.2) is 46.0 Å². The summed E-state index contributed by atoms with van der Waals surface area (Å²) in [6, 6.07) is 12.4. The molecule has 0 aliphatic carbocycles. The molecule has 0 bridgehead atoms. The number of rotatable bonds is 8. The van der Waals surface area contributed by atoms with Crippen molar-refractivity contribution in [2.45, 2.75) is 19.3 Å². The molecule has 1 aliphatic rings. The van der Waals surface area contributed by atoms with E-state index in [1.807, 2.05) is 24.3 Å². The van der Waals surface area contributed by atoms with E-state index < -0.39 is 0 Å². The zero-order chi connectivity index (χ0) is 20.3. The van der Waals surface area contributed by atoms with Gasteiger partial charge in [0.2, 0.25) is 0 Å². The van der Waals surface area contributed by atoms with Crippen molar-refractivity contribution in [1.29, 1.82) is 0 Å². The third-order valence-corrected chi connectivity index (χ3v) is 4.38. The lowest BCUT2D eigenvalue weighted by molar-refractivity contribution is 0.197. The number of anilines is 1. The third kappa shape index (κ3) is 6.94. The number of ether oxygens (including phenoxy) is 3. The quantitative estimate of drug-likeness (QED) is 0.402. The van der Waals surface area contributed by atoms with Crippen LogP contribution in [0.5, 0.6) is 11.5 Å². The Kier molecular flexibility index (Phi) is 8.12. The first-order chi connectivity index (χ1) is 14.2. The predicted octanol–water partition coefficient (Wildman–Crippen LogP) is 3.62. The van der Waals surface area contributed by atoms with Crippen LogP contribution >= 0.6 is 0 Å². The molecule has 156 valence electrons. The Morgan fingerprint density at radius 3 is 2.83 bits per heavy atom. The van der Waals surface area contributed by atoms with Gasteiger partial charge in [0.25, 0.3) is 0 Å². The Morgan fingerprint density at radius 1 is 1.14 bits per heavy atom. The summed E-state index contributed by atoms with van der Waals surface area (Å²) in [6.07, 6.45) is 2.39. The summed E-state index contributed by atoms with van der Waals surface area (Å²) in [6.45, 7) is 3.22. The van der Waals surface area contributed by atoms with Gasteiger partial charge in [-0.05, 0) is 42.7 Å².